The zero-order valence-corrected chi connectivity index (χ0v) is 20.6. The monoisotopic (exact) mass is 435 g/mol. The molecule has 0 unspecified atom stereocenters. The van der Waals surface area contributed by atoms with Gasteiger partial charge in [0.05, 0.1) is 18.1 Å². The Morgan fingerprint density at radius 3 is 1.97 bits per heavy atom. The number of aliphatic hydroxyl groups excluding tert-OH is 1. The molecule has 0 saturated carbocycles. The van der Waals surface area contributed by atoms with E-state index >= 15 is 0 Å². The number of hydrogen-bond acceptors (Lipinski definition) is 5. The average Bonchev–Trinajstić information content (AvgIpc) is 2.59. The Morgan fingerprint density at radius 1 is 1.00 bits per heavy atom. The van der Waals surface area contributed by atoms with Crippen LogP contribution in [0, 0.1) is 31.6 Å². The molecule has 0 saturated heterocycles. The molecule has 2 N–H and O–H groups in total. The summed E-state index contributed by atoms with van der Waals surface area (Å²) in [6.45, 7) is 17.1. The number of amides is 1. The quantitative estimate of drug-likeness (QED) is 0.413. The SMILES string of the molecule is Cc1cccc(C)c1OC(=O)[C@H](CC(C)C)[C@H](O)[C@H](CC(C)C)NC(=O)OC(C)(C)C. The van der Waals surface area contributed by atoms with E-state index in [1.807, 2.05) is 59.7 Å². The van der Waals surface area contributed by atoms with Gasteiger partial charge in [-0.05, 0) is 70.4 Å². The van der Waals surface area contributed by atoms with Gasteiger partial charge < -0.3 is 19.9 Å². The Balaban J connectivity index is 3.13. The van der Waals surface area contributed by atoms with Gasteiger partial charge in [-0.2, -0.15) is 0 Å². The minimum Gasteiger partial charge on any atom is -0.444 e. The molecule has 0 radical (unpaired) electrons. The van der Waals surface area contributed by atoms with Crippen molar-refractivity contribution in [1.29, 1.82) is 0 Å². The Kier molecular flexibility index (Phi) is 10.0. The number of aryl methyl sites for hydroxylation is 2. The molecule has 1 amide bonds. The third-order valence-electron chi connectivity index (χ3n) is 4.89. The summed E-state index contributed by atoms with van der Waals surface area (Å²) in [5.41, 5.74) is 1.06. The van der Waals surface area contributed by atoms with E-state index in [-0.39, 0.29) is 11.8 Å². The summed E-state index contributed by atoms with van der Waals surface area (Å²) in [6, 6.07) is 5.04. The number of nitrogens with one attached hydrogen (secondary N) is 1. The summed E-state index contributed by atoms with van der Waals surface area (Å²) in [7, 11) is 0. The van der Waals surface area contributed by atoms with Crippen LogP contribution in [0.2, 0.25) is 0 Å². The lowest BCUT2D eigenvalue weighted by Crippen LogP contribution is -2.51. The molecule has 6 heteroatoms. The summed E-state index contributed by atoms with van der Waals surface area (Å²) in [4.78, 5) is 25.6. The summed E-state index contributed by atoms with van der Waals surface area (Å²) in [5.74, 6) is -0.389. The van der Waals surface area contributed by atoms with Crippen molar-refractivity contribution in [2.45, 2.75) is 92.9 Å². The lowest BCUT2D eigenvalue weighted by molar-refractivity contribution is -0.144. The molecule has 1 rings (SSSR count). The first kappa shape index (κ1) is 27.0. The molecule has 0 aliphatic rings. The molecule has 0 aliphatic carbocycles. The molecule has 3 atom stereocenters. The molecular weight excluding hydrogens is 394 g/mol. The van der Waals surface area contributed by atoms with Crippen molar-refractivity contribution in [3.8, 4) is 5.75 Å². The van der Waals surface area contributed by atoms with Crippen LogP contribution in [-0.4, -0.2) is 34.9 Å². The maximum absolute atomic E-state index is 13.2. The highest BCUT2D eigenvalue weighted by atomic mass is 16.6. The van der Waals surface area contributed by atoms with Gasteiger partial charge >= 0.3 is 12.1 Å². The Morgan fingerprint density at radius 2 is 1.52 bits per heavy atom. The van der Waals surface area contributed by atoms with Gasteiger partial charge in [0, 0.05) is 0 Å². The largest absolute Gasteiger partial charge is 0.444 e. The maximum Gasteiger partial charge on any atom is 0.407 e. The molecule has 0 spiro atoms. The van der Waals surface area contributed by atoms with Gasteiger partial charge in [-0.15, -0.1) is 0 Å². The molecule has 0 aromatic heterocycles. The van der Waals surface area contributed by atoms with Crippen molar-refractivity contribution < 1.29 is 24.2 Å². The van der Waals surface area contributed by atoms with Crippen LogP contribution in [0.25, 0.3) is 0 Å². The van der Waals surface area contributed by atoms with Crippen LogP contribution in [0.4, 0.5) is 4.79 Å². The van der Waals surface area contributed by atoms with Crippen LogP contribution >= 0.6 is 0 Å². The number of ether oxygens (including phenoxy) is 2. The second-order valence-corrected chi connectivity index (χ2v) is 10.3. The van der Waals surface area contributed by atoms with Gasteiger partial charge in [0.2, 0.25) is 0 Å². The van der Waals surface area contributed by atoms with Crippen LogP contribution in [-0.2, 0) is 9.53 Å². The predicted octanol–water partition coefficient (Wildman–Crippen LogP) is 5.17. The number of aliphatic hydroxyl groups is 1. The molecule has 0 bridgehead atoms. The van der Waals surface area contributed by atoms with E-state index < -0.39 is 35.7 Å². The number of carbonyl (C=O) groups is 2. The number of carbonyl (C=O) groups excluding carboxylic acids is 2. The first-order valence-corrected chi connectivity index (χ1v) is 11.2. The number of hydrogen-bond donors (Lipinski definition) is 2. The van der Waals surface area contributed by atoms with E-state index in [4.69, 9.17) is 9.47 Å². The fourth-order valence-corrected chi connectivity index (χ4v) is 3.55. The van der Waals surface area contributed by atoms with Crippen molar-refractivity contribution >= 4 is 12.1 Å². The lowest BCUT2D eigenvalue weighted by Gasteiger charge is -2.32. The lowest BCUT2D eigenvalue weighted by atomic mass is 9.85. The number of para-hydroxylation sites is 1. The molecule has 1 aromatic carbocycles. The van der Waals surface area contributed by atoms with Crippen molar-refractivity contribution in [3.05, 3.63) is 29.3 Å². The number of rotatable bonds is 9. The van der Waals surface area contributed by atoms with Crippen LogP contribution in [0.3, 0.4) is 0 Å². The van der Waals surface area contributed by atoms with Crippen LogP contribution in [0.5, 0.6) is 5.75 Å². The molecule has 31 heavy (non-hydrogen) atoms. The van der Waals surface area contributed by atoms with E-state index in [9.17, 15) is 14.7 Å². The van der Waals surface area contributed by atoms with Gasteiger partial charge in [0.1, 0.15) is 11.4 Å². The summed E-state index contributed by atoms with van der Waals surface area (Å²) >= 11 is 0. The van der Waals surface area contributed by atoms with Crippen LogP contribution in [0.15, 0.2) is 18.2 Å². The number of esters is 1. The third-order valence-corrected chi connectivity index (χ3v) is 4.89. The summed E-state index contributed by atoms with van der Waals surface area (Å²) in [6.07, 6.45) is -0.765. The van der Waals surface area contributed by atoms with Crippen molar-refractivity contribution in [3.63, 3.8) is 0 Å². The first-order valence-electron chi connectivity index (χ1n) is 11.2. The van der Waals surface area contributed by atoms with E-state index in [0.29, 0.717) is 18.6 Å². The molecule has 0 fully saturated rings. The standard InChI is InChI=1S/C25H41NO5/c1-15(2)13-19(23(28)30-22-17(5)11-10-12-18(22)6)21(27)20(14-16(3)4)26-24(29)31-25(7,8)9/h10-12,15-16,19-21,27H,13-14H2,1-9H3,(H,26,29)/t19-,20+,21+/m1/s1. The van der Waals surface area contributed by atoms with Crippen LogP contribution in [0.1, 0.15) is 72.4 Å². The van der Waals surface area contributed by atoms with Crippen molar-refractivity contribution in [2.24, 2.45) is 17.8 Å². The topological polar surface area (TPSA) is 84.9 Å². The fourth-order valence-electron chi connectivity index (χ4n) is 3.55. The van der Waals surface area contributed by atoms with E-state index in [0.717, 1.165) is 11.1 Å². The zero-order valence-electron chi connectivity index (χ0n) is 20.6. The molecule has 1 aromatic rings. The minimum absolute atomic E-state index is 0.159. The highest BCUT2D eigenvalue weighted by Crippen LogP contribution is 2.27. The zero-order chi connectivity index (χ0) is 23.9. The predicted molar refractivity (Wildman–Crippen MR) is 123 cm³/mol. The number of alkyl carbamates (subject to hydrolysis) is 1. The molecule has 0 heterocycles. The van der Waals surface area contributed by atoms with Gasteiger partial charge in [-0.1, -0.05) is 45.9 Å². The highest BCUT2D eigenvalue weighted by Gasteiger charge is 2.37. The summed E-state index contributed by atoms with van der Waals surface area (Å²) in [5, 5.41) is 14.0. The van der Waals surface area contributed by atoms with Gasteiger partial charge in [0.15, 0.2) is 0 Å². The second-order valence-electron chi connectivity index (χ2n) is 10.3. The maximum atomic E-state index is 13.2. The van der Waals surface area contributed by atoms with E-state index in [1.54, 1.807) is 20.8 Å². The molecule has 0 aliphatic heterocycles. The summed E-state index contributed by atoms with van der Waals surface area (Å²) < 4.78 is 11.1. The Hall–Kier alpha value is -2.08. The van der Waals surface area contributed by atoms with Crippen LogP contribution < -0.4 is 10.1 Å². The minimum atomic E-state index is -1.10. The third kappa shape index (κ3) is 9.30. The fraction of sp³-hybridized carbons (Fsp3) is 0.680. The smallest absolute Gasteiger partial charge is 0.407 e. The number of benzene rings is 1. The molecule has 176 valence electrons. The Labute approximate surface area is 187 Å². The molecule has 6 nitrogen and oxygen atoms in total. The normalized spacial score (nSPS) is 14.8. The van der Waals surface area contributed by atoms with E-state index in [2.05, 4.69) is 5.32 Å². The average molecular weight is 436 g/mol. The van der Waals surface area contributed by atoms with Gasteiger partial charge in [-0.3, -0.25) is 4.79 Å². The molecular formula is C25H41NO5. The Bertz CT molecular complexity index is 716. The van der Waals surface area contributed by atoms with Crippen molar-refractivity contribution in [2.75, 3.05) is 0 Å². The van der Waals surface area contributed by atoms with Crippen molar-refractivity contribution in [1.82, 2.24) is 5.32 Å². The first-order chi connectivity index (χ1) is 14.2. The highest BCUT2D eigenvalue weighted by molar-refractivity contribution is 5.77. The second kappa shape index (κ2) is 11.5. The van der Waals surface area contributed by atoms with Gasteiger partial charge in [-0.25, -0.2) is 4.79 Å². The van der Waals surface area contributed by atoms with Gasteiger partial charge in [0.25, 0.3) is 0 Å². The van der Waals surface area contributed by atoms with E-state index in [1.165, 1.54) is 0 Å².